The highest BCUT2D eigenvalue weighted by Crippen LogP contribution is 2.40. The number of ether oxygens (including phenoxy) is 1. The number of rotatable bonds is 1. The molecule has 1 saturated carbocycles. The second-order valence-electron chi connectivity index (χ2n) is 6.74. The van der Waals surface area contributed by atoms with Crippen LogP contribution in [0, 0.1) is 0 Å². The largest absolute Gasteiger partial charge is 0.486 e. The molecule has 2 aromatic carbocycles. The number of hydrogen-bond donors (Lipinski definition) is 2. The van der Waals surface area contributed by atoms with Crippen molar-refractivity contribution in [2.45, 2.75) is 31.4 Å². The Kier molecular flexibility index (Phi) is 2.76. The molecule has 0 atom stereocenters. The Morgan fingerprint density at radius 2 is 1.91 bits per heavy atom. The predicted molar refractivity (Wildman–Crippen MR) is 90.4 cm³/mol. The number of hydrogen-bond acceptors (Lipinski definition) is 3. The van der Waals surface area contributed by atoms with E-state index in [1.54, 1.807) is 0 Å². The first-order chi connectivity index (χ1) is 11.3. The smallest absolute Gasteiger partial charge is 0.124 e. The highest BCUT2D eigenvalue weighted by Gasteiger charge is 2.40. The highest BCUT2D eigenvalue weighted by atomic mass is 16.5. The van der Waals surface area contributed by atoms with Crippen LogP contribution in [0.15, 0.2) is 42.6 Å². The van der Waals surface area contributed by atoms with Gasteiger partial charge < -0.3 is 10.1 Å². The third kappa shape index (κ3) is 2.13. The first kappa shape index (κ1) is 13.1. The van der Waals surface area contributed by atoms with Gasteiger partial charge in [-0.05, 0) is 54.7 Å². The van der Waals surface area contributed by atoms with Crippen molar-refractivity contribution >= 4 is 10.9 Å². The standard InChI is InChI=1S/C19H19N3O/c1-6-19(7-1)12-20-10-16-9-14(3-5-18(16)23-19)13-2-4-17-15(8-13)11-21-22-17/h2-5,8-9,11,20H,1,6-7,10,12H2,(H,21,22). The van der Waals surface area contributed by atoms with Crippen molar-refractivity contribution in [3.63, 3.8) is 0 Å². The van der Waals surface area contributed by atoms with E-state index < -0.39 is 0 Å². The van der Waals surface area contributed by atoms with Crippen molar-refractivity contribution in [2.24, 2.45) is 0 Å². The lowest BCUT2D eigenvalue weighted by molar-refractivity contribution is -0.00147. The molecule has 5 rings (SSSR count). The summed E-state index contributed by atoms with van der Waals surface area (Å²) in [4.78, 5) is 0. The number of nitrogens with zero attached hydrogens (tertiary/aromatic N) is 1. The molecule has 1 spiro atoms. The van der Waals surface area contributed by atoms with Gasteiger partial charge in [-0.2, -0.15) is 5.10 Å². The van der Waals surface area contributed by atoms with Crippen molar-refractivity contribution in [1.29, 1.82) is 0 Å². The molecular weight excluding hydrogens is 286 g/mol. The van der Waals surface area contributed by atoms with Crippen LogP contribution in [-0.4, -0.2) is 22.3 Å². The average Bonchev–Trinajstić information content (AvgIpc) is 2.91. The van der Waals surface area contributed by atoms with Crippen molar-refractivity contribution in [2.75, 3.05) is 6.54 Å². The summed E-state index contributed by atoms with van der Waals surface area (Å²) >= 11 is 0. The number of aromatic amines is 1. The van der Waals surface area contributed by atoms with Crippen LogP contribution in [0.1, 0.15) is 24.8 Å². The maximum atomic E-state index is 6.35. The minimum atomic E-state index is 0.0441. The van der Waals surface area contributed by atoms with E-state index in [9.17, 15) is 0 Å². The molecule has 1 aliphatic heterocycles. The quantitative estimate of drug-likeness (QED) is 0.722. The Bertz CT molecular complexity index is 879. The van der Waals surface area contributed by atoms with Gasteiger partial charge in [-0.25, -0.2) is 0 Å². The van der Waals surface area contributed by atoms with Gasteiger partial charge in [0.05, 0.1) is 11.7 Å². The molecule has 1 aliphatic carbocycles. The van der Waals surface area contributed by atoms with Crippen LogP contribution in [0.25, 0.3) is 22.0 Å². The number of benzene rings is 2. The lowest BCUT2D eigenvalue weighted by atomic mass is 9.80. The van der Waals surface area contributed by atoms with Gasteiger partial charge in [0, 0.05) is 24.0 Å². The molecule has 0 amide bonds. The Labute approximate surface area is 134 Å². The zero-order valence-electron chi connectivity index (χ0n) is 12.9. The highest BCUT2D eigenvalue weighted by molar-refractivity contribution is 5.84. The van der Waals surface area contributed by atoms with Crippen molar-refractivity contribution in [3.05, 3.63) is 48.2 Å². The van der Waals surface area contributed by atoms with Crippen LogP contribution >= 0.6 is 0 Å². The molecule has 2 heterocycles. The maximum Gasteiger partial charge on any atom is 0.124 e. The molecule has 1 fully saturated rings. The second-order valence-corrected chi connectivity index (χ2v) is 6.74. The molecule has 0 unspecified atom stereocenters. The molecule has 0 saturated heterocycles. The van der Waals surface area contributed by atoms with E-state index in [0.29, 0.717) is 0 Å². The zero-order chi connectivity index (χ0) is 15.3. The van der Waals surface area contributed by atoms with Gasteiger partial charge in [0.2, 0.25) is 0 Å². The Morgan fingerprint density at radius 3 is 2.78 bits per heavy atom. The van der Waals surface area contributed by atoms with Gasteiger partial charge in [0.1, 0.15) is 11.4 Å². The summed E-state index contributed by atoms with van der Waals surface area (Å²) in [5.41, 5.74) is 4.80. The summed E-state index contributed by atoms with van der Waals surface area (Å²) in [6.45, 7) is 1.83. The topological polar surface area (TPSA) is 49.9 Å². The van der Waals surface area contributed by atoms with E-state index in [1.165, 1.54) is 36.0 Å². The number of nitrogens with one attached hydrogen (secondary N) is 2. The van der Waals surface area contributed by atoms with Crippen molar-refractivity contribution in [3.8, 4) is 16.9 Å². The Balaban J connectivity index is 1.54. The van der Waals surface area contributed by atoms with Crippen LogP contribution in [-0.2, 0) is 6.54 Å². The van der Waals surface area contributed by atoms with Gasteiger partial charge in [0.25, 0.3) is 0 Å². The lowest BCUT2D eigenvalue weighted by Crippen LogP contribution is -2.49. The van der Waals surface area contributed by atoms with E-state index in [1.807, 2.05) is 6.20 Å². The minimum Gasteiger partial charge on any atom is -0.486 e. The molecule has 0 bridgehead atoms. The molecule has 2 aliphatic rings. The Morgan fingerprint density at radius 1 is 1.04 bits per heavy atom. The maximum absolute atomic E-state index is 6.35. The van der Waals surface area contributed by atoms with Crippen LogP contribution in [0.2, 0.25) is 0 Å². The summed E-state index contributed by atoms with van der Waals surface area (Å²) in [6.07, 6.45) is 5.48. The number of H-pyrrole nitrogens is 1. The van der Waals surface area contributed by atoms with Crippen LogP contribution < -0.4 is 10.1 Å². The van der Waals surface area contributed by atoms with Gasteiger partial charge in [0.15, 0.2) is 0 Å². The molecule has 4 heteroatoms. The van der Waals surface area contributed by atoms with E-state index in [2.05, 4.69) is 51.9 Å². The van der Waals surface area contributed by atoms with E-state index in [0.717, 1.165) is 29.7 Å². The molecular formula is C19H19N3O. The fourth-order valence-corrected chi connectivity index (χ4v) is 3.66. The van der Waals surface area contributed by atoms with Gasteiger partial charge >= 0.3 is 0 Å². The van der Waals surface area contributed by atoms with E-state index in [4.69, 9.17) is 4.74 Å². The summed E-state index contributed by atoms with van der Waals surface area (Å²) < 4.78 is 6.35. The minimum absolute atomic E-state index is 0.0441. The van der Waals surface area contributed by atoms with Crippen molar-refractivity contribution in [1.82, 2.24) is 15.5 Å². The van der Waals surface area contributed by atoms with Gasteiger partial charge in [-0.3, -0.25) is 5.10 Å². The Hall–Kier alpha value is -2.33. The van der Waals surface area contributed by atoms with Crippen LogP contribution in [0.5, 0.6) is 5.75 Å². The third-order valence-electron chi connectivity index (χ3n) is 5.19. The SMILES string of the molecule is c1cc2c(cc1-c1ccc3[nH]ncc3c1)CNCC1(CCC1)O2. The zero-order valence-corrected chi connectivity index (χ0v) is 12.9. The normalized spacial score (nSPS) is 19.0. The van der Waals surface area contributed by atoms with Gasteiger partial charge in [-0.15, -0.1) is 0 Å². The molecule has 116 valence electrons. The molecule has 23 heavy (non-hydrogen) atoms. The molecule has 3 aromatic rings. The molecule has 0 radical (unpaired) electrons. The monoisotopic (exact) mass is 305 g/mol. The third-order valence-corrected chi connectivity index (χ3v) is 5.19. The first-order valence-corrected chi connectivity index (χ1v) is 8.28. The fraction of sp³-hybridized carbons (Fsp3) is 0.316. The summed E-state index contributed by atoms with van der Waals surface area (Å²) in [5.74, 6) is 1.04. The first-order valence-electron chi connectivity index (χ1n) is 8.28. The predicted octanol–water partition coefficient (Wildman–Crippen LogP) is 3.63. The lowest BCUT2D eigenvalue weighted by Gasteiger charge is -2.41. The fourth-order valence-electron chi connectivity index (χ4n) is 3.66. The van der Waals surface area contributed by atoms with Crippen LogP contribution in [0.3, 0.4) is 0 Å². The molecule has 1 aromatic heterocycles. The average molecular weight is 305 g/mol. The number of aromatic nitrogens is 2. The summed E-state index contributed by atoms with van der Waals surface area (Å²) in [5, 5.41) is 11.8. The molecule has 4 nitrogen and oxygen atoms in total. The van der Waals surface area contributed by atoms with E-state index >= 15 is 0 Å². The molecule has 2 N–H and O–H groups in total. The summed E-state index contributed by atoms with van der Waals surface area (Å²) in [6, 6.07) is 13.0. The van der Waals surface area contributed by atoms with Crippen molar-refractivity contribution < 1.29 is 4.74 Å². The van der Waals surface area contributed by atoms with Crippen LogP contribution in [0.4, 0.5) is 0 Å². The summed E-state index contributed by atoms with van der Waals surface area (Å²) in [7, 11) is 0. The van der Waals surface area contributed by atoms with Gasteiger partial charge in [-0.1, -0.05) is 12.1 Å². The van der Waals surface area contributed by atoms with E-state index in [-0.39, 0.29) is 5.60 Å². The number of fused-ring (bicyclic) bond motifs is 2. The second kappa shape index (κ2) is 4.83.